The third-order valence-electron chi connectivity index (χ3n) is 4.85. The van der Waals surface area contributed by atoms with Crippen LogP contribution in [0.4, 0.5) is 0 Å². The number of rotatable bonds is 11. The number of aliphatic imine (C=N–C) groups is 1. The minimum absolute atomic E-state index is 0.371. The van der Waals surface area contributed by atoms with Crippen LogP contribution < -0.4 is 10.1 Å². The van der Waals surface area contributed by atoms with Crippen LogP contribution in [-0.2, 0) is 11.3 Å². The average Bonchev–Trinajstić information content (AvgIpc) is 3.41. The first kappa shape index (κ1) is 20.6. The summed E-state index contributed by atoms with van der Waals surface area (Å²) >= 11 is 0. The summed E-state index contributed by atoms with van der Waals surface area (Å²) in [6, 6.07) is 8.30. The number of nitrogens with zero attached hydrogens (tertiary/aromatic N) is 2. The van der Waals surface area contributed by atoms with Crippen LogP contribution in [-0.4, -0.2) is 50.8 Å². The standard InChI is InChI=1S/C21H35N3O2/c1-5-22-20(23-17-21(12-13-21)14-15-25-6-2)24(4)16-18-8-10-19(11-9-18)26-7-3/h8-11H,5-7,12-17H2,1-4H3,(H,22,23). The summed E-state index contributed by atoms with van der Waals surface area (Å²) in [5, 5.41) is 3.42. The fourth-order valence-corrected chi connectivity index (χ4v) is 3.02. The smallest absolute Gasteiger partial charge is 0.193 e. The van der Waals surface area contributed by atoms with Crippen LogP contribution in [0.3, 0.4) is 0 Å². The van der Waals surface area contributed by atoms with E-state index in [4.69, 9.17) is 14.5 Å². The number of benzene rings is 1. The first-order valence-corrected chi connectivity index (χ1v) is 9.91. The molecule has 0 unspecified atom stereocenters. The van der Waals surface area contributed by atoms with Gasteiger partial charge in [-0.2, -0.15) is 0 Å². The molecule has 0 saturated heterocycles. The second kappa shape index (κ2) is 10.4. The summed E-state index contributed by atoms with van der Waals surface area (Å²) in [7, 11) is 2.09. The van der Waals surface area contributed by atoms with Gasteiger partial charge in [-0.15, -0.1) is 0 Å². The largest absolute Gasteiger partial charge is 0.494 e. The van der Waals surface area contributed by atoms with Crippen molar-refractivity contribution in [3.05, 3.63) is 29.8 Å². The van der Waals surface area contributed by atoms with Gasteiger partial charge in [-0.25, -0.2) is 0 Å². The lowest BCUT2D eigenvalue weighted by atomic mass is 10.0. The van der Waals surface area contributed by atoms with Crippen LogP contribution in [0.2, 0.25) is 0 Å². The minimum Gasteiger partial charge on any atom is -0.494 e. The molecule has 1 aliphatic carbocycles. The van der Waals surface area contributed by atoms with Crippen molar-refractivity contribution in [2.45, 2.75) is 46.6 Å². The molecule has 146 valence electrons. The lowest BCUT2D eigenvalue weighted by Gasteiger charge is -2.23. The fourth-order valence-electron chi connectivity index (χ4n) is 3.02. The van der Waals surface area contributed by atoms with Gasteiger partial charge in [-0.05, 0) is 63.1 Å². The molecule has 1 fully saturated rings. The van der Waals surface area contributed by atoms with Gasteiger partial charge in [0.1, 0.15) is 5.75 Å². The van der Waals surface area contributed by atoms with E-state index in [1.807, 2.05) is 19.1 Å². The van der Waals surface area contributed by atoms with E-state index in [2.05, 4.69) is 43.2 Å². The fraction of sp³-hybridized carbons (Fsp3) is 0.667. The van der Waals surface area contributed by atoms with E-state index in [1.165, 1.54) is 18.4 Å². The Labute approximate surface area is 158 Å². The topological polar surface area (TPSA) is 46.1 Å². The van der Waals surface area contributed by atoms with Gasteiger partial charge in [0.2, 0.25) is 0 Å². The summed E-state index contributed by atoms with van der Waals surface area (Å²) in [5.74, 6) is 1.90. The van der Waals surface area contributed by atoms with Crippen molar-refractivity contribution >= 4 is 5.96 Å². The van der Waals surface area contributed by atoms with E-state index >= 15 is 0 Å². The predicted octanol–water partition coefficient (Wildman–Crippen LogP) is 3.69. The minimum atomic E-state index is 0.371. The van der Waals surface area contributed by atoms with E-state index in [0.717, 1.165) is 51.0 Å². The molecule has 0 radical (unpaired) electrons. The van der Waals surface area contributed by atoms with E-state index in [-0.39, 0.29) is 0 Å². The zero-order valence-corrected chi connectivity index (χ0v) is 16.9. The quantitative estimate of drug-likeness (QED) is 0.371. The summed E-state index contributed by atoms with van der Waals surface area (Å²) in [6.45, 7) is 11.1. The van der Waals surface area contributed by atoms with Gasteiger partial charge in [0.15, 0.2) is 5.96 Å². The van der Waals surface area contributed by atoms with Crippen molar-refractivity contribution in [3.8, 4) is 5.75 Å². The molecule has 1 aromatic carbocycles. The molecule has 5 heteroatoms. The van der Waals surface area contributed by atoms with E-state index in [9.17, 15) is 0 Å². The molecule has 0 aliphatic heterocycles. The molecule has 0 heterocycles. The predicted molar refractivity (Wildman–Crippen MR) is 108 cm³/mol. The molecule has 0 spiro atoms. The second-order valence-electron chi connectivity index (χ2n) is 7.05. The maximum Gasteiger partial charge on any atom is 0.193 e. The normalized spacial score (nSPS) is 15.6. The van der Waals surface area contributed by atoms with Crippen molar-refractivity contribution in [1.29, 1.82) is 0 Å². The van der Waals surface area contributed by atoms with Crippen molar-refractivity contribution in [1.82, 2.24) is 10.2 Å². The summed E-state index contributed by atoms with van der Waals surface area (Å²) in [4.78, 5) is 7.11. The Kier molecular flexibility index (Phi) is 8.23. The molecular weight excluding hydrogens is 326 g/mol. The first-order valence-electron chi connectivity index (χ1n) is 9.91. The number of guanidine groups is 1. The zero-order chi connectivity index (χ0) is 18.8. The Morgan fingerprint density at radius 3 is 2.46 bits per heavy atom. The summed E-state index contributed by atoms with van der Waals surface area (Å²) < 4.78 is 11.0. The average molecular weight is 362 g/mol. The summed E-state index contributed by atoms with van der Waals surface area (Å²) in [6.07, 6.45) is 3.66. The monoisotopic (exact) mass is 361 g/mol. The highest BCUT2D eigenvalue weighted by Crippen LogP contribution is 2.49. The van der Waals surface area contributed by atoms with Crippen LogP contribution in [0.25, 0.3) is 0 Å². The molecule has 5 nitrogen and oxygen atoms in total. The Balaban J connectivity index is 1.92. The van der Waals surface area contributed by atoms with Crippen molar-refractivity contribution in [2.75, 3.05) is 40.0 Å². The molecule has 1 aromatic rings. The van der Waals surface area contributed by atoms with E-state index in [1.54, 1.807) is 0 Å². The van der Waals surface area contributed by atoms with Gasteiger partial charge in [-0.3, -0.25) is 4.99 Å². The van der Waals surface area contributed by atoms with Crippen molar-refractivity contribution in [2.24, 2.45) is 10.4 Å². The molecule has 2 rings (SSSR count). The van der Waals surface area contributed by atoms with Gasteiger partial charge in [0.05, 0.1) is 6.61 Å². The SMILES string of the molecule is CCNC(=NCC1(CCOCC)CC1)N(C)Cc1ccc(OCC)cc1. The van der Waals surface area contributed by atoms with Gasteiger partial charge < -0.3 is 19.7 Å². The number of nitrogens with one attached hydrogen (secondary N) is 1. The molecule has 26 heavy (non-hydrogen) atoms. The number of hydrogen-bond donors (Lipinski definition) is 1. The van der Waals surface area contributed by atoms with Crippen molar-refractivity contribution in [3.63, 3.8) is 0 Å². The second-order valence-corrected chi connectivity index (χ2v) is 7.05. The molecule has 0 aromatic heterocycles. The highest BCUT2D eigenvalue weighted by atomic mass is 16.5. The van der Waals surface area contributed by atoms with Crippen LogP contribution in [0, 0.1) is 5.41 Å². The van der Waals surface area contributed by atoms with Gasteiger partial charge >= 0.3 is 0 Å². The van der Waals surface area contributed by atoms with Crippen molar-refractivity contribution < 1.29 is 9.47 Å². The zero-order valence-electron chi connectivity index (χ0n) is 16.9. The third kappa shape index (κ3) is 6.52. The Hall–Kier alpha value is -1.75. The van der Waals surface area contributed by atoms with Crippen LogP contribution in [0.5, 0.6) is 5.75 Å². The van der Waals surface area contributed by atoms with Crippen LogP contribution in [0.1, 0.15) is 45.6 Å². The van der Waals surface area contributed by atoms with Crippen LogP contribution >= 0.6 is 0 Å². The molecule has 0 bridgehead atoms. The lowest BCUT2D eigenvalue weighted by Crippen LogP contribution is -2.39. The first-order chi connectivity index (χ1) is 12.6. The van der Waals surface area contributed by atoms with Gasteiger partial charge in [0, 0.05) is 39.9 Å². The van der Waals surface area contributed by atoms with E-state index in [0.29, 0.717) is 12.0 Å². The molecular formula is C21H35N3O2. The number of ether oxygens (including phenoxy) is 2. The van der Waals surface area contributed by atoms with Gasteiger partial charge in [0.25, 0.3) is 0 Å². The lowest BCUT2D eigenvalue weighted by molar-refractivity contribution is 0.129. The Bertz CT molecular complexity index is 553. The van der Waals surface area contributed by atoms with Crippen LogP contribution in [0.15, 0.2) is 29.3 Å². The highest BCUT2D eigenvalue weighted by molar-refractivity contribution is 5.79. The molecule has 1 N–H and O–H groups in total. The third-order valence-corrected chi connectivity index (χ3v) is 4.85. The highest BCUT2D eigenvalue weighted by Gasteiger charge is 2.42. The molecule has 1 aliphatic rings. The number of hydrogen-bond acceptors (Lipinski definition) is 3. The molecule has 0 amide bonds. The molecule has 1 saturated carbocycles. The maximum absolute atomic E-state index is 5.53. The Morgan fingerprint density at radius 1 is 1.15 bits per heavy atom. The molecule has 0 atom stereocenters. The Morgan fingerprint density at radius 2 is 1.88 bits per heavy atom. The van der Waals surface area contributed by atoms with Gasteiger partial charge in [-0.1, -0.05) is 12.1 Å². The van der Waals surface area contributed by atoms with E-state index < -0.39 is 0 Å². The summed E-state index contributed by atoms with van der Waals surface area (Å²) in [5.41, 5.74) is 1.62. The maximum atomic E-state index is 5.53.